The summed E-state index contributed by atoms with van der Waals surface area (Å²) in [5, 5.41) is 0.280. The lowest BCUT2D eigenvalue weighted by atomic mass is 10.1. The molecule has 0 amide bonds. The Morgan fingerprint density at radius 3 is 2.83 bits per heavy atom. The van der Waals surface area contributed by atoms with E-state index in [1.165, 1.54) is 0 Å². The van der Waals surface area contributed by atoms with Crippen molar-refractivity contribution in [3.63, 3.8) is 0 Å². The molecule has 12 heavy (non-hydrogen) atoms. The summed E-state index contributed by atoms with van der Waals surface area (Å²) in [5.41, 5.74) is 1.10. The van der Waals surface area contributed by atoms with Gasteiger partial charge in [0.1, 0.15) is 6.67 Å². The van der Waals surface area contributed by atoms with Gasteiger partial charge in [-0.2, -0.15) is 0 Å². The first-order chi connectivity index (χ1) is 5.77. The van der Waals surface area contributed by atoms with Crippen LogP contribution in [0.3, 0.4) is 0 Å². The molecule has 0 heterocycles. The van der Waals surface area contributed by atoms with Gasteiger partial charge in [-0.1, -0.05) is 34.1 Å². The van der Waals surface area contributed by atoms with Gasteiger partial charge < -0.3 is 0 Å². The van der Waals surface area contributed by atoms with Crippen molar-refractivity contribution in [1.82, 2.24) is 0 Å². The Hall–Kier alpha value is -0.700. The van der Waals surface area contributed by atoms with Gasteiger partial charge in [0.05, 0.1) is 5.33 Å². The normalized spacial score (nSPS) is 9.83. The van der Waals surface area contributed by atoms with Crippen LogP contribution in [0.25, 0.3) is 0 Å². The first kappa shape index (κ1) is 9.39. The van der Waals surface area contributed by atoms with E-state index in [1.807, 2.05) is 0 Å². The quantitative estimate of drug-likeness (QED) is 0.577. The molecule has 3 heteroatoms. The molecule has 0 aliphatic carbocycles. The van der Waals surface area contributed by atoms with E-state index in [4.69, 9.17) is 0 Å². The minimum Gasteiger partial charge on any atom is -0.293 e. The number of halogens is 2. The maximum atomic E-state index is 12.1. The molecule has 0 saturated heterocycles. The Morgan fingerprint density at radius 2 is 2.25 bits per heavy atom. The number of carbonyl (C=O) groups is 1. The Kier molecular flexibility index (Phi) is 3.41. The third-order valence-electron chi connectivity index (χ3n) is 1.52. The summed E-state index contributed by atoms with van der Waals surface area (Å²) >= 11 is 3.05. The van der Waals surface area contributed by atoms with E-state index in [-0.39, 0.29) is 11.1 Å². The molecular formula is C9H8BrFO. The van der Waals surface area contributed by atoms with Crippen molar-refractivity contribution in [2.45, 2.75) is 6.67 Å². The second kappa shape index (κ2) is 4.36. The first-order valence-corrected chi connectivity index (χ1v) is 4.64. The summed E-state index contributed by atoms with van der Waals surface area (Å²) in [7, 11) is 0. The highest BCUT2D eigenvalue weighted by Crippen LogP contribution is 2.08. The largest absolute Gasteiger partial charge is 0.293 e. The lowest BCUT2D eigenvalue weighted by molar-refractivity contribution is 0.102. The average molecular weight is 231 g/mol. The van der Waals surface area contributed by atoms with Gasteiger partial charge in [0.25, 0.3) is 0 Å². The van der Waals surface area contributed by atoms with Gasteiger partial charge in [-0.3, -0.25) is 4.79 Å². The molecule has 0 fully saturated rings. The average Bonchev–Trinajstić information content (AvgIpc) is 2.17. The summed E-state index contributed by atoms with van der Waals surface area (Å²) in [6, 6.07) is 6.60. The molecule has 64 valence electrons. The molecular weight excluding hydrogens is 223 g/mol. The third-order valence-corrected chi connectivity index (χ3v) is 2.03. The van der Waals surface area contributed by atoms with Crippen LogP contribution in [0.1, 0.15) is 15.9 Å². The summed E-state index contributed by atoms with van der Waals surface area (Å²) in [4.78, 5) is 11.1. The van der Waals surface area contributed by atoms with Crippen molar-refractivity contribution >= 4 is 21.7 Å². The van der Waals surface area contributed by atoms with Crippen molar-refractivity contribution in [2.24, 2.45) is 0 Å². The zero-order chi connectivity index (χ0) is 8.97. The van der Waals surface area contributed by atoms with Crippen LogP contribution < -0.4 is 0 Å². The molecule has 0 N–H and O–H groups in total. The van der Waals surface area contributed by atoms with Crippen LogP contribution in [0.15, 0.2) is 24.3 Å². The number of hydrogen-bond acceptors (Lipinski definition) is 1. The smallest absolute Gasteiger partial charge is 0.173 e. The van der Waals surface area contributed by atoms with E-state index in [9.17, 15) is 9.18 Å². The Morgan fingerprint density at radius 1 is 1.50 bits per heavy atom. The van der Waals surface area contributed by atoms with E-state index < -0.39 is 6.67 Å². The Balaban J connectivity index is 2.93. The lowest BCUT2D eigenvalue weighted by Crippen LogP contribution is -1.99. The monoisotopic (exact) mass is 230 g/mol. The van der Waals surface area contributed by atoms with Gasteiger partial charge in [0, 0.05) is 5.56 Å². The fraction of sp³-hybridized carbons (Fsp3) is 0.222. The molecule has 0 radical (unpaired) electrons. The molecule has 0 saturated carbocycles. The second-order valence-corrected chi connectivity index (χ2v) is 2.95. The van der Waals surface area contributed by atoms with Crippen LogP contribution in [0.5, 0.6) is 0 Å². The zero-order valence-electron chi connectivity index (χ0n) is 6.39. The van der Waals surface area contributed by atoms with Crippen LogP contribution in [-0.4, -0.2) is 11.1 Å². The van der Waals surface area contributed by atoms with E-state index in [1.54, 1.807) is 24.3 Å². The molecule has 0 unspecified atom stereocenters. The summed E-state index contributed by atoms with van der Waals surface area (Å²) in [6.07, 6.45) is 0. The zero-order valence-corrected chi connectivity index (χ0v) is 7.97. The molecule has 0 aromatic heterocycles. The molecule has 1 aromatic carbocycles. The van der Waals surface area contributed by atoms with Crippen LogP contribution >= 0.6 is 15.9 Å². The lowest BCUT2D eigenvalue weighted by Gasteiger charge is -1.98. The van der Waals surface area contributed by atoms with Crippen molar-refractivity contribution in [1.29, 1.82) is 0 Å². The number of benzene rings is 1. The van der Waals surface area contributed by atoms with Gasteiger partial charge in [0.2, 0.25) is 0 Å². The first-order valence-electron chi connectivity index (χ1n) is 3.52. The second-order valence-electron chi connectivity index (χ2n) is 2.39. The highest BCUT2D eigenvalue weighted by Gasteiger charge is 2.03. The highest BCUT2D eigenvalue weighted by molar-refractivity contribution is 9.09. The van der Waals surface area contributed by atoms with Gasteiger partial charge in [-0.05, 0) is 11.6 Å². The molecule has 0 spiro atoms. The number of rotatable bonds is 3. The minimum atomic E-state index is -0.524. The standard InChI is InChI=1S/C9H8BrFO/c10-5-9(12)8-3-1-2-7(4-8)6-11/h1-4H,5-6H2. The van der Waals surface area contributed by atoms with Crippen molar-refractivity contribution in [3.05, 3.63) is 35.4 Å². The van der Waals surface area contributed by atoms with Crippen LogP contribution in [0, 0.1) is 0 Å². The van der Waals surface area contributed by atoms with E-state index in [0.717, 1.165) is 0 Å². The molecule has 0 bridgehead atoms. The summed E-state index contributed by atoms with van der Waals surface area (Å²) in [6.45, 7) is -0.524. The van der Waals surface area contributed by atoms with Gasteiger partial charge in [-0.15, -0.1) is 0 Å². The molecule has 1 rings (SSSR count). The fourth-order valence-electron chi connectivity index (χ4n) is 0.905. The predicted octanol–water partition coefficient (Wildman–Crippen LogP) is 2.73. The fourth-order valence-corrected chi connectivity index (χ4v) is 1.23. The van der Waals surface area contributed by atoms with Crippen molar-refractivity contribution in [2.75, 3.05) is 5.33 Å². The minimum absolute atomic E-state index is 0.0229. The number of Topliss-reactive ketones (excluding diaryl/α,β-unsaturated/α-hetero) is 1. The van der Waals surface area contributed by atoms with Gasteiger partial charge >= 0.3 is 0 Å². The Labute approximate surface area is 78.7 Å². The van der Waals surface area contributed by atoms with Crippen molar-refractivity contribution < 1.29 is 9.18 Å². The topological polar surface area (TPSA) is 17.1 Å². The molecule has 0 aliphatic rings. The molecule has 0 aliphatic heterocycles. The number of carbonyl (C=O) groups excluding carboxylic acids is 1. The van der Waals surface area contributed by atoms with Crippen molar-refractivity contribution in [3.8, 4) is 0 Å². The van der Waals surface area contributed by atoms with Crippen LogP contribution in [-0.2, 0) is 6.67 Å². The van der Waals surface area contributed by atoms with Crippen LogP contribution in [0.2, 0.25) is 0 Å². The Bertz CT molecular complexity index is 286. The molecule has 1 nitrogen and oxygen atoms in total. The summed E-state index contributed by atoms with van der Waals surface area (Å²) in [5.74, 6) is -0.0229. The number of ketones is 1. The number of alkyl halides is 2. The van der Waals surface area contributed by atoms with Gasteiger partial charge in [-0.25, -0.2) is 4.39 Å². The molecule has 1 aromatic rings. The van der Waals surface area contributed by atoms with E-state index >= 15 is 0 Å². The highest BCUT2D eigenvalue weighted by atomic mass is 79.9. The summed E-state index contributed by atoms with van der Waals surface area (Å²) < 4.78 is 12.1. The van der Waals surface area contributed by atoms with Gasteiger partial charge in [0.15, 0.2) is 5.78 Å². The maximum Gasteiger partial charge on any atom is 0.173 e. The maximum absolute atomic E-state index is 12.1. The predicted molar refractivity (Wildman–Crippen MR) is 49.4 cm³/mol. The van der Waals surface area contributed by atoms with E-state index in [2.05, 4.69) is 15.9 Å². The third kappa shape index (κ3) is 2.14. The van der Waals surface area contributed by atoms with Crippen LogP contribution in [0.4, 0.5) is 4.39 Å². The van der Waals surface area contributed by atoms with E-state index in [0.29, 0.717) is 11.1 Å². The molecule has 0 atom stereocenters. The number of hydrogen-bond donors (Lipinski definition) is 0. The SMILES string of the molecule is O=C(CBr)c1cccc(CF)c1.